The summed E-state index contributed by atoms with van der Waals surface area (Å²) in [5.74, 6) is -0.769. The second-order valence-electron chi connectivity index (χ2n) is 4.28. The molecular formula is C15H15NO3S. The summed E-state index contributed by atoms with van der Waals surface area (Å²) in [6.07, 6.45) is 0. The fourth-order valence-electron chi connectivity index (χ4n) is 1.81. The van der Waals surface area contributed by atoms with Gasteiger partial charge < -0.3 is 5.11 Å². The van der Waals surface area contributed by atoms with Crippen molar-refractivity contribution in [3.05, 3.63) is 71.8 Å². The van der Waals surface area contributed by atoms with E-state index in [0.717, 1.165) is 5.56 Å². The predicted molar refractivity (Wildman–Crippen MR) is 78.2 cm³/mol. The average molecular weight is 289 g/mol. The van der Waals surface area contributed by atoms with E-state index in [1.165, 1.54) is 0 Å². The van der Waals surface area contributed by atoms with Crippen LogP contribution in [-0.2, 0) is 21.5 Å². The molecule has 2 aromatic carbocycles. The number of hydrogen-bond donors (Lipinski definition) is 2. The summed E-state index contributed by atoms with van der Waals surface area (Å²) in [6.45, 7) is 0. The highest BCUT2D eigenvalue weighted by molar-refractivity contribution is 7.82. The molecule has 0 aliphatic carbocycles. The molecule has 2 unspecified atom stereocenters. The fourth-order valence-corrected chi connectivity index (χ4v) is 2.88. The van der Waals surface area contributed by atoms with Gasteiger partial charge in [-0.15, -0.1) is 0 Å². The van der Waals surface area contributed by atoms with Gasteiger partial charge in [-0.05, 0) is 11.1 Å². The standard InChI is InChI=1S/C15H15NO3S/c17-15(18)14(13-9-5-2-6-10-13)16-20(19)11-12-7-3-1-4-8-12/h1-10,14,16H,11H2,(H,17,18). The molecule has 0 fully saturated rings. The van der Waals surface area contributed by atoms with E-state index in [4.69, 9.17) is 0 Å². The van der Waals surface area contributed by atoms with Crippen molar-refractivity contribution >= 4 is 17.0 Å². The van der Waals surface area contributed by atoms with Gasteiger partial charge in [-0.25, -0.2) is 8.93 Å². The first-order valence-electron chi connectivity index (χ1n) is 6.13. The van der Waals surface area contributed by atoms with Crippen molar-refractivity contribution in [2.24, 2.45) is 0 Å². The summed E-state index contributed by atoms with van der Waals surface area (Å²) < 4.78 is 14.7. The molecule has 0 saturated heterocycles. The molecule has 0 spiro atoms. The van der Waals surface area contributed by atoms with E-state index in [1.807, 2.05) is 36.4 Å². The molecule has 0 saturated carbocycles. The Morgan fingerprint density at radius 3 is 2.15 bits per heavy atom. The zero-order valence-corrected chi connectivity index (χ0v) is 11.5. The molecule has 2 aromatic rings. The number of hydrogen-bond acceptors (Lipinski definition) is 2. The highest BCUT2D eigenvalue weighted by atomic mass is 32.2. The molecular weight excluding hydrogens is 274 g/mol. The minimum atomic E-state index is -1.45. The van der Waals surface area contributed by atoms with Crippen LogP contribution in [0.5, 0.6) is 0 Å². The summed E-state index contributed by atoms with van der Waals surface area (Å²) >= 11 is 0. The third-order valence-corrected chi connectivity index (χ3v) is 3.86. The third-order valence-electron chi connectivity index (χ3n) is 2.77. The second-order valence-corrected chi connectivity index (χ2v) is 5.49. The highest BCUT2D eigenvalue weighted by Gasteiger charge is 2.21. The molecule has 4 nitrogen and oxygen atoms in total. The van der Waals surface area contributed by atoms with Crippen LogP contribution in [0, 0.1) is 0 Å². The summed E-state index contributed by atoms with van der Waals surface area (Å²) in [7, 11) is -1.45. The molecule has 0 heterocycles. The number of rotatable bonds is 6. The number of aliphatic carboxylic acids is 1. The number of nitrogens with one attached hydrogen (secondary N) is 1. The third kappa shape index (κ3) is 4.01. The molecule has 0 aliphatic rings. The quantitative estimate of drug-likeness (QED) is 0.857. The van der Waals surface area contributed by atoms with E-state index in [0.29, 0.717) is 5.56 Å². The fraction of sp³-hybridized carbons (Fsp3) is 0.133. The number of benzene rings is 2. The summed E-state index contributed by atoms with van der Waals surface area (Å²) in [5.41, 5.74) is 1.48. The molecule has 0 radical (unpaired) electrons. The van der Waals surface area contributed by atoms with E-state index in [-0.39, 0.29) is 5.75 Å². The van der Waals surface area contributed by atoms with Gasteiger partial charge in [0.25, 0.3) is 0 Å². The number of carboxylic acids is 1. The van der Waals surface area contributed by atoms with Gasteiger partial charge in [0.05, 0.1) is 16.7 Å². The van der Waals surface area contributed by atoms with Crippen LogP contribution >= 0.6 is 0 Å². The van der Waals surface area contributed by atoms with E-state index in [9.17, 15) is 14.1 Å². The van der Waals surface area contributed by atoms with Crippen molar-refractivity contribution in [3.8, 4) is 0 Å². The Labute approximate surface area is 120 Å². The Balaban J connectivity index is 2.06. The average Bonchev–Trinajstić information content (AvgIpc) is 2.46. The number of carboxylic acid groups (broad SMARTS) is 1. The largest absolute Gasteiger partial charge is 0.480 e. The van der Waals surface area contributed by atoms with Crippen molar-refractivity contribution in [3.63, 3.8) is 0 Å². The molecule has 20 heavy (non-hydrogen) atoms. The molecule has 2 N–H and O–H groups in total. The van der Waals surface area contributed by atoms with Crippen LogP contribution in [0.3, 0.4) is 0 Å². The molecule has 2 atom stereocenters. The smallest absolute Gasteiger partial charge is 0.326 e. The lowest BCUT2D eigenvalue weighted by Gasteiger charge is -2.14. The zero-order valence-electron chi connectivity index (χ0n) is 10.7. The Kier molecular flexibility index (Phi) is 5.03. The van der Waals surface area contributed by atoms with Gasteiger partial charge in [-0.2, -0.15) is 0 Å². The van der Waals surface area contributed by atoms with Crippen LogP contribution in [0.1, 0.15) is 17.2 Å². The van der Waals surface area contributed by atoms with Crippen molar-refractivity contribution in [2.45, 2.75) is 11.8 Å². The predicted octanol–water partition coefficient (Wildman–Crippen LogP) is 2.27. The van der Waals surface area contributed by atoms with Crippen molar-refractivity contribution in [1.29, 1.82) is 0 Å². The normalized spacial score (nSPS) is 13.6. The van der Waals surface area contributed by atoms with Gasteiger partial charge in [-0.1, -0.05) is 60.7 Å². The summed E-state index contributed by atoms with van der Waals surface area (Å²) in [4.78, 5) is 11.3. The minimum Gasteiger partial charge on any atom is -0.480 e. The minimum absolute atomic E-state index is 0.275. The molecule has 104 valence electrons. The maximum Gasteiger partial charge on any atom is 0.326 e. The molecule has 0 bridgehead atoms. The van der Waals surface area contributed by atoms with E-state index >= 15 is 0 Å². The van der Waals surface area contributed by atoms with Crippen LogP contribution in [-0.4, -0.2) is 15.3 Å². The van der Waals surface area contributed by atoms with Crippen LogP contribution in [0.15, 0.2) is 60.7 Å². The first kappa shape index (κ1) is 14.4. The molecule has 0 aliphatic heterocycles. The lowest BCUT2D eigenvalue weighted by Crippen LogP contribution is -2.30. The maximum absolute atomic E-state index is 12.0. The van der Waals surface area contributed by atoms with Gasteiger partial charge in [0, 0.05) is 0 Å². The van der Waals surface area contributed by atoms with Crippen LogP contribution < -0.4 is 4.72 Å². The lowest BCUT2D eigenvalue weighted by molar-refractivity contribution is -0.139. The van der Waals surface area contributed by atoms with Crippen LogP contribution in [0.2, 0.25) is 0 Å². The number of carbonyl (C=O) groups is 1. The first-order chi connectivity index (χ1) is 9.66. The van der Waals surface area contributed by atoms with E-state index in [2.05, 4.69) is 4.72 Å². The zero-order chi connectivity index (χ0) is 14.4. The van der Waals surface area contributed by atoms with Gasteiger partial charge in [0.15, 0.2) is 0 Å². The first-order valence-corrected chi connectivity index (χ1v) is 7.45. The van der Waals surface area contributed by atoms with Crippen molar-refractivity contribution in [2.75, 3.05) is 0 Å². The van der Waals surface area contributed by atoms with Crippen molar-refractivity contribution in [1.82, 2.24) is 4.72 Å². The Hall–Kier alpha value is -1.98. The van der Waals surface area contributed by atoms with E-state index < -0.39 is 23.0 Å². The molecule has 5 heteroatoms. The highest BCUT2D eigenvalue weighted by Crippen LogP contribution is 2.14. The summed E-state index contributed by atoms with van der Waals surface area (Å²) in [5, 5.41) is 9.24. The monoisotopic (exact) mass is 289 g/mol. The topological polar surface area (TPSA) is 66.4 Å². The van der Waals surface area contributed by atoms with Gasteiger partial charge in [0.2, 0.25) is 0 Å². The van der Waals surface area contributed by atoms with Crippen LogP contribution in [0.4, 0.5) is 0 Å². The molecule has 0 amide bonds. The SMILES string of the molecule is O=C(O)C(NS(=O)Cc1ccccc1)c1ccccc1. The summed E-state index contributed by atoms with van der Waals surface area (Å²) in [6, 6.07) is 17.1. The Morgan fingerprint density at radius 2 is 1.60 bits per heavy atom. The van der Waals surface area contributed by atoms with Gasteiger partial charge >= 0.3 is 5.97 Å². The lowest BCUT2D eigenvalue weighted by atomic mass is 10.1. The van der Waals surface area contributed by atoms with Crippen molar-refractivity contribution < 1.29 is 14.1 Å². The van der Waals surface area contributed by atoms with Crippen LogP contribution in [0.25, 0.3) is 0 Å². The Bertz CT molecular complexity index is 587. The Morgan fingerprint density at radius 1 is 1.05 bits per heavy atom. The molecule has 2 rings (SSSR count). The second kappa shape index (κ2) is 6.98. The van der Waals surface area contributed by atoms with E-state index in [1.54, 1.807) is 24.3 Å². The van der Waals surface area contributed by atoms with Gasteiger partial charge in [-0.3, -0.25) is 4.79 Å². The molecule has 0 aromatic heterocycles. The van der Waals surface area contributed by atoms with Gasteiger partial charge in [0.1, 0.15) is 6.04 Å². The maximum atomic E-state index is 12.0.